The van der Waals surface area contributed by atoms with E-state index in [4.69, 9.17) is 23.6 Å². The van der Waals surface area contributed by atoms with E-state index in [9.17, 15) is 19.4 Å². The highest BCUT2D eigenvalue weighted by atomic mass is 31.2. The Morgan fingerprint density at radius 2 is 0.838 bits per heavy atom. The van der Waals surface area contributed by atoms with Gasteiger partial charge in [-0.1, -0.05) is 228 Å². The number of phosphoric ester groups is 1. The number of rotatable bonds is 53. The van der Waals surface area contributed by atoms with Crippen LogP contribution in [0.15, 0.2) is 72.9 Å². The number of allylic oxidation sites excluding steroid dienone is 12. The molecular weight excluding hydrogens is 872 g/mol. The Balaban J connectivity index is 4.04. The van der Waals surface area contributed by atoms with Gasteiger partial charge in [-0.25, -0.2) is 4.57 Å². The summed E-state index contributed by atoms with van der Waals surface area (Å²) in [5, 5.41) is 18.5. The lowest BCUT2D eigenvalue weighted by Crippen LogP contribution is -2.29. The monoisotopic (exact) mass is 977 g/mol. The van der Waals surface area contributed by atoms with Crippen molar-refractivity contribution >= 4 is 13.8 Å². The number of aliphatic hydroxyl groups excluding tert-OH is 2. The lowest BCUT2D eigenvalue weighted by atomic mass is 10.0. The highest BCUT2D eigenvalue weighted by Crippen LogP contribution is 2.43. The fourth-order valence-electron chi connectivity index (χ4n) is 7.67. The third kappa shape index (κ3) is 53.3. The second-order valence-corrected chi connectivity index (χ2v) is 20.0. The smallest absolute Gasteiger partial charge is 0.457 e. The van der Waals surface area contributed by atoms with Gasteiger partial charge in [0, 0.05) is 13.0 Å². The molecule has 0 spiro atoms. The summed E-state index contributed by atoms with van der Waals surface area (Å²) in [4.78, 5) is 22.8. The number of hydrogen-bond acceptors (Lipinski definition) is 8. The number of carbonyl (C=O) groups is 1. The molecule has 0 aliphatic carbocycles. The maximum absolute atomic E-state index is 12.7. The van der Waals surface area contributed by atoms with Gasteiger partial charge in [0.1, 0.15) is 12.2 Å². The van der Waals surface area contributed by atoms with Crippen LogP contribution in [0.3, 0.4) is 0 Å². The van der Waals surface area contributed by atoms with E-state index < -0.39 is 33.2 Å². The second kappa shape index (κ2) is 54.2. The zero-order valence-corrected chi connectivity index (χ0v) is 44.7. The average Bonchev–Trinajstić information content (AvgIpc) is 3.33. The SMILES string of the molecule is CC/C=C\C/C=C\C/C=C\C/C=C\CCCCCCCCCCCCCOCC(COP(=O)(O)OCC(O)CO)OC(=O)CCCCCCCCCCCCC/C=C\C/C=C\CCCCCCC. The fraction of sp³-hybridized carbons (Fsp3) is 0.776. The summed E-state index contributed by atoms with van der Waals surface area (Å²) in [5.41, 5.74) is 0. The van der Waals surface area contributed by atoms with Gasteiger partial charge in [-0.05, 0) is 83.5 Å². The molecule has 0 aliphatic rings. The van der Waals surface area contributed by atoms with E-state index in [0.717, 1.165) is 70.6 Å². The largest absolute Gasteiger partial charge is 0.472 e. The fourth-order valence-corrected chi connectivity index (χ4v) is 8.46. The lowest BCUT2D eigenvalue weighted by Gasteiger charge is -2.20. The topological polar surface area (TPSA) is 132 Å². The van der Waals surface area contributed by atoms with Crippen LogP contribution in [0.2, 0.25) is 0 Å². The number of carbonyl (C=O) groups excluding carboxylic acids is 1. The minimum atomic E-state index is -4.53. The van der Waals surface area contributed by atoms with E-state index in [1.165, 1.54) is 154 Å². The first kappa shape index (κ1) is 65.9. The zero-order chi connectivity index (χ0) is 49.5. The molecule has 0 aromatic carbocycles. The van der Waals surface area contributed by atoms with Crippen LogP contribution in [-0.2, 0) is 27.9 Å². The molecule has 0 saturated carbocycles. The molecule has 0 bridgehead atoms. The van der Waals surface area contributed by atoms with Crippen molar-refractivity contribution in [1.82, 2.24) is 0 Å². The molecule has 0 amide bonds. The Bertz CT molecular complexity index is 1290. The van der Waals surface area contributed by atoms with Gasteiger partial charge in [0.25, 0.3) is 0 Å². The molecule has 9 nitrogen and oxygen atoms in total. The maximum Gasteiger partial charge on any atom is 0.472 e. The van der Waals surface area contributed by atoms with Gasteiger partial charge in [0.05, 0.1) is 26.4 Å². The summed E-state index contributed by atoms with van der Waals surface area (Å²) < 4.78 is 33.6. The van der Waals surface area contributed by atoms with Crippen LogP contribution in [0.25, 0.3) is 0 Å². The number of ether oxygens (including phenoxy) is 2. The van der Waals surface area contributed by atoms with E-state index in [-0.39, 0.29) is 25.6 Å². The number of phosphoric acid groups is 1. The third-order valence-corrected chi connectivity index (χ3v) is 12.8. The third-order valence-electron chi connectivity index (χ3n) is 11.9. The van der Waals surface area contributed by atoms with Crippen molar-refractivity contribution in [1.29, 1.82) is 0 Å². The van der Waals surface area contributed by atoms with Gasteiger partial charge in [0.15, 0.2) is 0 Å². The molecule has 0 radical (unpaired) electrons. The molecule has 68 heavy (non-hydrogen) atoms. The van der Waals surface area contributed by atoms with Crippen LogP contribution in [0.1, 0.15) is 245 Å². The highest BCUT2D eigenvalue weighted by molar-refractivity contribution is 7.47. The van der Waals surface area contributed by atoms with Gasteiger partial charge in [-0.2, -0.15) is 0 Å². The summed E-state index contributed by atoms with van der Waals surface area (Å²) in [5.74, 6) is -0.385. The molecule has 0 aliphatic heterocycles. The number of aliphatic hydroxyl groups is 2. The summed E-state index contributed by atoms with van der Waals surface area (Å²) in [6, 6.07) is 0. The molecule has 3 unspecified atom stereocenters. The van der Waals surface area contributed by atoms with Crippen LogP contribution in [-0.4, -0.2) is 66.3 Å². The minimum absolute atomic E-state index is 0.0444. The molecule has 3 atom stereocenters. The molecule has 0 fully saturated rings. The summed E-state index contributed by atoms with van der Waals surface area (Å²) >= 11 is 0. The molecule has 10 heteroatoms. The average molecular weight is 977 g/mol. The van der Waals surface area contributed by atoms with Crippen molar-refractivity contribution in [3.8, 4) is 0 Å². The van der Waals surface area contributed by atoms with Crippen LogP contribution in [0, 0.1) is 0 Å². The Morgan fingerprint density at radius 1 is 0.471 bits per heavy atom. The van der Waals surface area contributed by atoms with Crippen molar-refractivity contribution in [2.45, 2.75) is 257 Å². The van der Waals surface area contributed by atoms with Crippen LogP contribution < -0.4 is 0 Å². The maximum atomic E-state index is 12.7. The van der Waals surface area contributed by atoms with Gasteiger partial charge < -0.3 is 24.6 Å². The van der Waals surface area contributed by atoms with Crippen molar-refractivity contribution < 1.29 is 43.0 Å². The predicted octanol–water partition coefficient (Wildman–Crippen LogP) is 16.8. The van der Waals surface area contributed by atoms with Gasteiger partial charge in [-0.3, -0.25) is 13.8 Å². The first-order valence-corrected chi connectivity index (χ1v) is 29.4. The summed E-state index contributed by atoms with van der Waals surface area (Å²) in [7, 11) is -4.53. The number of hydrogen-bond donors (Lipinski definition) is 3. The van der Waals surface area contributed by atoms with E-state index in [0.29, 0.717) is 6.61 Å². The minimum Gasteiger partial charge on any atom is -0.457 e. The van der Waals surface area contributed by atoms with Crippen LogP contribution in [0.4, 0.5) is 0 Å². The van der Waals surface area contributed by atoms with Crippen molar-refractivity contribution in [3.05, 3.63) is 72.9 Å². The second-order valence-electron chi connectivity index (χ2n) is 18.6. The van der Waals surface area contributed by atoms with E-state index in [1.54, 1.807) is 0 Å². The van der Waals surface area contributed by atoms with Crippen molar-refractivity contribution in [2.75, 3.05) is 33.0 Å². The van der Waals surface area contributed by atoms with E-state index >= 15 is 0 Å². The molecule has 0 rings (SSSR count). The van der Waals surface area contributed by atoms with Gasteiger partial charge >= 0.3 is 13.8 Å². The summed E-state index contributed by atoms with van der Waals surface area (Å²) in [6.07, 6.45) is 67.3. The summed E-state index contributed by atoms with van der Waals surface area (Å²) in [6.45, 7) is 3.41. The lowest BCUT2D eigenvalue weighted by molar-refractivity contribution is -0.154. The Morgan fingerprint density at radius 3 is 1.26 bits per heavy atom. The molecule has 0 aromatic heterocycles. The Kier molecular flexibility index (Phi) is 52.6. The normalized spacial score (nSPS) is 14.2. The zero-order valence-electron chi connectivity index (χ0n) is 43.8. The molecule has 3 N–H and O–H groups in total. The first-order valence-electron chi connectivity index (χ1n) is 27.9. The van der Waals surface area contributed by atoms with Gasteiger partial charge in [0.2, 0.25) is 0 Å². The molecule has 0 saturated heterocycles. The quantitative estimate of drug-likeness (QED) is 0.0236. The number of unbranched alkanes of at least 4 members (excludes halogenated alkanes) is 27. The number of esters is 1. The molecule has 396 valence electrons. The molecule has 0 heterocycles. The van der Waals surface area contributed by atoms with E-state index in [2.05, 4.69) is 86.8 Å². The van der Waals surface area contributed by atoms with Gasteiger partial charge in [-0.15, -0.1) is 0 Å². The Labute approximate surface area is 418 Å². The molecule has 0 aromatic rings. The first-order chi connectivity index (χ1) is 33.3. The van der Waals surface area contributed by atoms with Crippen molar-refractivity contribution in [2.24, 2.45) is 0 Å². The standard InChI is InChI=1S/C58H105O9P/c1-3-5-7-9-11-13-15-17-19-21-23-25-27-29-31-33-35-37-39-41-43-45-47-49-51-64-54-57(55-66-68(62,63)65-53-56(60)52-59)67-58(61)50-48-46-44-42-40-38-36-34-32-30-28-26-24-22-20-18-16-14-12-10-8-6-4-2/h5,7,11,13,16-19,22-25,56-57,59-60H,3-4,6,8-10,12,14-15,20-21,26-55H2,1-2H3,(H,62,63)/b7-5-,13-11-,18-16-,19-17-,24-22-,25-23-. The Hall–Kier alpha value is -2.10. The van der Waals surface area contributed by atoms with Crippen LogP contribution in [0.5, 0.6) is 0 Å². The van der Waals surface area contributed by atoms with E-state index in [1.807, 2.05) is 0 Å². The highest BCUT2D eigenvalue weighted by Gasteiger charge is 2.26. The van der Waals surface area contributed by atoms with Crippen molar-refractivity contribution in [3.63, 3.8) is 0 Å². The molecular formula is C58H105O9P. The predicted molar refractivity (Wildman–Crippen MR) is 288 cm³/mol. The van der Waals surface area contributed by atoms with Crippen LogP contribution >= 0.6 is 7.82 Å².